The molecule has 2 aliphatic rings. The minimum absolute atomic E-state index is 0.0123. The van der Waals surface area contributed by atoms with E-state index in [0.29, 0.717) is 31.0 Å². The highest BCUT2D eigenvalue weighted by atomic mass is 79.9. The number of hydrogen-bond donors (Lipinski definition) is 1. The molecule has 8 heteroatoms. The zero-order valence-corrected chi connectivity index (χ0v) is 16.1. The summed E-state index contributed by atoms with van der Waals surface area (Å²) in [5.74, 6) is 0.537. The van der Waals surface area contributed by atoms with Crippen molar-refractivity contribution in [1.29, 1.82) is 0 Å². The molecule has 1 amide bonds. The Morgan fingerprint density at radius 2 is 1.88 bits per heavy atom. The average Bonchev–Trinajstić information content (AvgIpc) is 3.15. The van der Waals surface area contributed by atoms with E-state index in [4.69, 9.17) is 0 Å². The number of H-pyrrole nitrogens is 1. The maximum Gasteiger partial charge on any atom is 0.271 e. The third-order valence-corrected chi connectivity index (χ3v) is 7.76. The van der Waals surface area contributed by atoms with E-state index in [1.165, 1.54) is 0 Å². The standard InChI is InChI=1S/C17H20BrN3O3S/c18-15-13-3-1-2-4-14(13)19-16(15)17(22)21-8-6-20(7-9-21)12-5-10-25(23,24)11-12/h1-4,12,19H,5-11H2. The lowest BCUT2D eigenvalue weighted by Gasteiger charge is -2.37. The molecule has 0 aliphatic carbocycles. The first-order valence-electron chi connectivity index (χ1n) is 8.44. The molecule has 1 aromatic carbocycles. The van der Waals surface area contributed by atoms with Gasteiger partial charge in [-0.15, -0.1) is 0 Å². The van der Waals surface area contributed by atoms with E-state index in [1.54, 1.807) is 0 Å². The molecule has 2 saturated heterocycles. The van der Waals surface area contributed by atoms with Gasteiger partial charge < -0.3 is 9.88 Å². The molecular formula is C17H20BrN3O3S. The quantitative estimate of drug-likeness (QED) is 0.796. The lowest BCUT2D eigenvalue weighted by Crippen LogP contribution is -2.52. The topological polar surface area (TPSA) is 73.5 Å². The fourth-order valence-corrected chi connectivity index (χ4v) is 6.14. The molecule has 1 unspecified atom stereocenters. The van der Waals surface area contributed by atoms with E-state index in [-0.39, 0.29) is 17.7 Å². The molecule has 2 aliphatic heterocycles. The van der Waals surface area contributed by atoms with Gasteiger partial charge in [0.15, 0.2) is 9.84 Å². The fraction of sp³-hybridized carbons (Fsp3) is 0.471. The van der Waals surface area contributed by atoms with Gasteiger partial charge >= 0.3 is 0 Å². The van der Waals surface area contributed by atoms with Crippen molar-refractivity contribution < 1.29 is 13.2 Å². The van der Waals surface area contributed by atoms with Crippen molar-refractivity contribution >= 4 is 42.6 Å². The van der Waals surface area contributed by atoms with Crippen molar-refractivity contribution in [3.63, 3.8) is 0 Å². The van der Waals surface area contributed by atoms with Gasteiger partial charge in [-0.3, -0.25) is 9.69 Å². The van der Waals surface area contributed by atoms with Crippen LogP contribution in [-0.2, 0) is 9.84 Å². The molecule has 1 atom stereocenters. The van der Waals surface area contributed by atoms with Gasteiger partial charge in [0.1, 0.15) is 5.69 Å². The number of aromatic amines is 1. The van der Waals surface area contributed by atoms with Gasteiger partial charge in [-0.2, -0.15) is 0 Å². The number of amides is 1. The summed E-state index contributed by atoms with van der Waals surface area (Å²) < 4.78 is 24.1. The highest BCUT2D eigenvalue weighted by Gasteiger charge is 2.34. The summed E-state index contributed by atoms with van der Waals surface area (Å²) in [7, 11) is -2.87. The normalized spacial score (nSPS) is 24.0. The van der Waals surface area contributed by atoms with Crippen molar-refractivity contribution in [3.05, 3.63) is 34.4 Å². The summed E-state index contributed by atoms with van der Waals surface area (Å²) in [5.41, 5.74) is 1.52. The third kappa shape index (κ3) is 3.22. The number of rotatable bonds is 2. The summed E-state index contributed by atoms with van der Waals surface area (Å²) in [6.45, 7) is 2.70. The van der Waals surface area contributed by atoms with Crippen LogP contribution in [-0.4, -0.2) is 72.8 Å². The number of carbonyl (C=O) groups is 1. The molecular weight excluding hydrogens is 406 g/mol. The Morgan fingerprint density at radius 3 is 2.52 bits per heavy atom. The number of nitrogens with zero attached hydrogens (tertiary/aromatic N) is 2. The Bertz CT molecular complexity index is 916. The van der Waals surface area contributed by atoms with E-state index in [0.717, 1.165) is 28.5 Å². The van der Waals surface area contributed by atoms with Gasteiger partial charge in [0.05, 0.1) is 16.0 Å². The number of fused-ring (bicyclic) bond motifs is 1. The largest absolute Gasteiger partial charge is 0.350 e. The van der Waals surface area contributed by atoms with Gasteiger partial charge in [0.2, 0.25) is 0 Å². The van der Waals surface area contributed by atoms with Gasteiger partial charge in [-0.25, -0.2) is 8.42 Å². The first-order chi connectivity index (χ1) is 11.9. The molecule has 0 bridgehead atoms. The SMILES string of the molecule is O=C(c1[nH]c2ccccc2c1Br)N1CCN(C2CCS(=O)(=O)C2)CC1. The smallest absolute Gasteiger partial charge is 0.271 e. The van der Waals surface area contributed by atoms with Crippen molar-refractivity contribution in [2.75, 3.05) is 37.7 Å². The van der Waals surface area contributed by atoms with Crippen LogP contribution >= 0.6 is 15.9 Å². The Balaban J connectivity index is 1.45. The second kappa shape index (κ2) is 6.41. The summed E-state index contributed by atoms with van der Waals surface area (Å²) in [6, 6.07) is 7.93. The van der Waals surface area contributed by atoms with Crippen LogP contribution in [0.1, 0.15) is 16.9 Å². The molecule has 25 heavy (non-hydrogen) atoms. The Morgan fingerprint density at radius 1 is 1.16 bits per heavy atom. The van der Waals surface area contributed by atoms with E-state index in [2.05, 4.69) is 25.8 Å². The third-order valence-electron chi connectivity index (χ3n) is 5.18. The zero-order valence-electron chi connectivity index (χ0n) is 13.7. The number of nitrogens with one attached hydrogen (secondary N) is 1. The molecule has 4 rings (SSSR count). The van der Waals surface area contributed by atoms with Crippen LogP contribution < -0.4 is 0 Å². The van der Waals surface area contributed by atoms with E-state index in [1.807, 2.05) is 29.2 Å². The summed E-state index contributed by atoms with van der Waals surface area (Å²) in [5, 5.41) is 1.00. The first kappa shape index (κ1) is 17.1. The molecule has 134 valence electrons. The summed E-state index contributed by atoms with van der Waals surface area (Å²) in [6.07, 6.45) is 0.712. The van der Waals surface area contributed by atoms with Crippen molar-refractivity contribution in [3.8, 4) is 0 Å². The maximum atomic E-state index is 12.9. The number of para-hydroxylation sites is 1. The van der Waals surface area contributed by atoms with Gasteiger partial charge in [0, 0.05) is 43.1 Å². The maximum absolute atomic E-state index is 12.9. The van der Waals surface area contributed by atoms with E-state index in [9.17, 15) is 13.2 Å². The Hall–Kier alpha value is -1.38. The number of benzene rings is 1. The van der Waals surface area contributed by atoms with Crippen molar-refractivity contribution in [1.82, 2.24) is 14.8 Å². The van der Waals surface area contributed by atoms with Gasteiger partial charge in [-0.1, -0.05) is 18.2 Å². The summed E-state index contributed by atoms with van der Waals surface area (Å²) in [4.78, 5) is 20.1. The predicted molar refractivity (Wildman–Crippen MR) is 101 cm³/mol. The second-order valence-corrected chi connectivity index (χ2v) is 9.77. The molecule has 0 radical (unpaired) electrons. The number of carbonyl (C=O) groups excluding carboxylic acids is 1. The van der Waals surface area contributed by atoms with Crippen LogP contribution in [0.3, 0.4) is 0 Å². The van der Waals surface area contributed by atoms with Crippen LogP contribution in [0.15, 0.2) is 28.7 Å². The molecule has 2 fully saturated rings. The van der Waals surface area contributed by atoms with Crippen LogP contribution in [0.4, 0.5) is 0 Å². The molecule has 0 spiro atoms. The molecule has 2 aromatic rings. The highest BCUT2D eigenvalue weighted by molar-refractivity contribution is 9.10. The number of halogens is 1. The lowest BCUT2D eigenvalue weighted by atomic mass is 10.2. The molecule has 6 nitrogen and oxygen atoms in total. The molecule has 1 N–H and O–H groups in total. The minimum Gasteiger partial charge on any atom is -0.350 e. The Kier molecular flexibility index (Phi) is 4.37. The lowest BCUT2D eigenvalue weighted by molar-refractivity contribution is 0.0582. The number of hydrogen-bond acceptors (Lipinski definition) is 4. The van der Waals surface area contributed by atoms with Crippen LogP contribution in [0.25, 0.3) is 10.9 Å². The van der Waals surface area contributed by atoms with Crippen LogP contribution in [0.5, 0.6) is 0 Å². The first-order valence-corrected chi connectivity index (χ1v) is 11.1. The number of aromatic nitrogens is 1. The number of piperazine rings is 1. The monoisotopic (exact) mass is 425 g/mol. The fourth-order valence-electron chi connectivity index (χ4n) is 3.77. The molecule has 1 aromatic heterocycles. The van der Waals surface area contributed by atoms with Crippen LogP contribution in [0, 0.1) is 0 Å². The summed E-state index contributed by atoms with van der Waals surface area (Å²) >= 11 is 3.54. The Labute approximate surface area is 155 Å². The van der Waals surface area contributed by atoms with Crippen molar-refractivity contribution in [2.24, 2.45) is 0 Å². The molecule has 3 heterocycles. The van der Waals surface area contributed by atoms with Crippen molar-refractivity contribution in [2.45, 2.75) is 12.5 Å². The van der Waals surface area contributed by atoms with Gasteiger partial charge in [0.25, 0.3) is 5.91 Å². The van der Waals surface area contributed by atoms with E-state index < -0.39 is 9.84 Å². The zero-order chi connectivity index (χ0) is 17.6. The van der Waals surface area contributed by atoms with E-state index >= 15 is 0 Å². The predicted octanol–water partition coefficient (Wildman–Crippen LogP) is 1.88. The average molecular weight is 426 g/mol. The second-order valence-electron chi connectivity index (χ2n) is 6.74. The minimum atomic E-state index is -2.87. The van der Waals surface area contributed by atoms with Crippen LogP contribution in [0.2, 0.25) is 0 Å². The van der Waals surface area contributed by atoms with Gasteiger partial charge in [-0.05, 0) is 28.4 Å². The number of sulfone groups is 1. The molecule has 0 saturated carbocycles. The highest BCUT2D eigenvalue weighted by Crippen LogP contribution is 2.29.